The molecule has 3 heterocycles. The standard InChI is InChI=1S/C18H26N6O/c1-18(2,3)15-5-8-20-17(23-15)21-10-13-9-14(25-4)11-24(13)16-6-7-19-12-22-16/h5-8,12-14H,9-11H2,1-4H3,(H,20,21,23)/t13-,14-/m1/s1. The SMILES string of the molecule is CO[C@@H]1C[C@H](CNc2nccc(C(C)(C)C)n2)N(c2ccncn2)C1. The number of hydrogen-bond acceptors (Lipinski definition) is 7. The fourth-order valence-corrected chi connectivity index (χ4v) is 3.04. The first-order valence-electron chi connectivity index (χ1n) is 8.60. The lowest BCUT2D eigenvalue weighted by molar-refractivity contribution is 0.118. The van der Waals surface area contributed by atoms with Crippen LogP contribution < -0.4 is 10.2 Å². The topological polar surface area (TPSA) is 76.1 Å². The van der Waals surface area contributed by atoms with Gasteiger partial charge in [0.05, 0.1) is 17.8 Å². The van der Waals surface area contributed by atoms with Crippen LogP contribution in [0.1, 0.15) is 32.9 Å². The molecule has 7 nitrogen and oxygen atoms in total. The van der Waals surface area contributed by atoms with Crippen LogP contribution in [0.4, 0.5) is 11.8 Å². The van der Waals surface area contributed by atoms with Crippen LogP contribution in [0, 0.1) is 0 Å². The predicted octanol–water partition coefficient (Wildman–Crippen LogP) is 2.27. The Labute approximate surface area is 148 Å². The van der Waals surface area contributed by atoms with Crippen molar-refractivity contribution in [1.29, 1.82) is 0 Å². The Hall–Kier alpha value is -2.28. The van der Waals surface area contributed by atoms with Gasteiger partial charge in [-0.2, -0.15) is 0 Å². The third-order valence-electron chi connectivity index (χ3n) is 4.49. The zero-order valence-corrected chi connectivity index (χ0v) is 15.3. The molecule has 1 N–H and O–H groups in total. The van der Waals surface area contributed by atoms with Gasteiger partial charge in [-0.3, -0.25) is 0 Å². The maximum Gasteiger partial charge on any atom is 0.222 e. The first-order chi connectivity index (χ1) is 12.0. The van der Waals surface area contributed by atoms with Crippen LogP contribution in [0.15, 0.2) is 30.9 Å². The van der Waals surface area contributed by atoms with E-state index in [0.717, 1.165) is 31.0 Å². The summed E-state index contributed by atoms with van der Waals surface area (Å²) in [6, 6.07) is 4.16. The van der Waals surface area contributed by atoms with Crippen molar-refractivity contribution in [2.24, 2.45) is 0 Å². The highest BCUT2D eigenvalue weighted by Gasteiger charge is 2.33. The lowest BCUT2D eigenvalue weighted by atomic mass is 9.92. The van der Waals surface area contributed by atoms with Crippen molar-refractivity contribution in [1.82, 2.24) is 19.9 Å². The molecule has 134 valence electrons. The summed E-state index contributed by atoms with van der Waals surface area (Å²) in [7, 11) is 1.76. The first-order valence-corrected chi connectivity index (χ1v) is 8.60. The van der Waals surface area contributed by atoms with E-state index in [9.17, 15) is 0 Å². The number of nitrogens with zero attached hydrogens (tertiary/aromatic N) is 5. The molecule has 0 amide bonds. The molecule has 2 aromatic rings. The summed E-state index contributed by atoms with van der Waals surface area (Å²) in [4.78, 5) is 19.6. The van der Waals surface area contributed by atoms with Crippen molar-refractivity contribution in [2.45, 2.75) is 44.8 Å². The third kappa shape index (κ3) is 4.22. The van der Waals surface area contributed by atoms with E-state index in [2.05, 4.69) is 50.9 Å². The van der Waals surface area contributed by atoms with E-state index in [1.807, 2.05) is 18.3 Å². The largest absolute Gasteiger partial charge is 0.380 e. The van der Waals surface area contributed by atoms with Crippen molar-refractivity contribution in [2.75, 3.05) is 30.4 Å². The fraction of sp³-hybridized carbons (Fsp3) is 0.556. The molecule has 1 saturated heterocycles. The van der Waals surface area contributed by atoms with E-state index in [1.165, 1.54) is 0 Å². The molecule has 0 aromatic carbocycles. The van der Waals surface area contributed by atoms with Gasteiger partial charge >= 0.3 is 0 Å². The average Bonchev–Trinajstić information content (AvgIpc) is 3.04. The normalized spacial score (nSPS) is 20.7. The zero-order chi connectivity index (χ0) is 17.9. The molecule has 0 saturated carbocycles. The highest BCUT2D eigenvalue weighted by atomic mass is 16.5. The Balaban J connectivity index is 1.70. The zero-order valence-electron chi connectivity index (χ0n) is 15.3. The number of methoxy groups -OCH3 is 1. The molecule has 1 aliphatic rings. The highest BCUT2D eigenvalue weighted by Crippen LogP contribution is 2.25. The minimum atomic E-state index is 0.000862. The molecule has 0 aliphatic carbocycles. The first kappa shape index (κ1) is 17.5. The van der Waals surface area contributed by atoms with Gasteiger partial charge < -0.3 is 15.0 Å². The van der Waals surface area contributed by atoms with Crippen LogP contribution >= 0.6 is 0 Å². The van der Waals surface area contributed by atoms with Gasteiger partial charge in [-0.1, -0.05) is 20.8 Å². The minimum Gasteiger partial charge on any atom is -0.380 e. The van der Waals surface area contributed by atoms with Crippen molar-refractivity contribution in [3.8, 4) is 0 Å². The monoisotopic (exact) mass is 342 g/mol. The smallest absolute Gasteiger partial charge is 0.222 e. The van der Waals surface area contributed by atoms with Gasteiger partial charge in [-0.15, -0.1) is 0 Å². The molecule has 2 atom stereocenters. The summed E-state index contributed by atoms with van der Waals surface area (Å²) in [5, 5.41) is 3.38. The minimum absolute atomic E-state index is 0.000862. The van der Waals surface area contributed by atoms with Crippen molar-refractivity contribution >= 4 is 11.8 Å². The Bertz CT molecular complexity index is 687. The molecule has 0 bridgehead atoms. The van der Waals surface area contributed by atoms with Crippen LogP contribution in [0.25, 0.3) is 0 Å². The molecule has 0 radical (unpaired) electrons. The summed E-state index contributed by atoms with van der Waals surface area (Å²) >= 11 is 0. The second-order valence-electron chi connectivity index (χ2n) is 7.36. The summed E-state index contributed by atoms with van der Waals surface area (Å²) in [6.07, 6.45) is 6.29. The van der Waals surface area contributed by atoms with Gasteiger partial charge in [0.25, 0.3) is 0 Å². The van der Waals surface area contributed by atoms with Gasteiger partial charge in [-0.05, 0) is 18.6 Å². The molecular formula is C18H26N6O. The number of aromatic nitrogens is 4. The van der Waals surface area contributed by atoms with E-state index in [0.29, 0.717) is 5.95 Å². The van der Waals surface area contributed by atoms with Gasteiger partial charge in [0.1, 0.15) is 12.1 Å². The van der Waals surface area contributed by atoms with Crippen molar-refractivity contribution in [3.63, 3.8) is 0 Å². The predicted molar refractivity (Wildman–Crippen MR) is 97.8 cm³/mol. The van der Waals surface area contributed by atoms with Crippen molar-refractivity contribution < 1.29 is 4.74 Å². The number of rotatable bonds is 5. The Morgan fingerprint density at radius 3 is 2.76 bits per heavy atom. The second-order valence-corrected chi connectivity index (χ2v) is 7.36. The average molecular weight is 342 g/mol. The molecule has 0 unspecified atom stereocenters. The number of hydrogen-bond donors (Lipinski definition) is 1. The Kier molecular flexibility index (Phi) is 5.13. The molecule has 3 rings (SSSR count). The number of anilines is 2. The highest BCUT2D eigenvalue weighted by molar-refractivity contribution is 5.41. The molecular weight excluding hydrogens is 316 g/mol. The number of ether oxygens (including phenoxy) is 1. The molecule has 7 heteroatoms. The van der Waals surface area contributed by atoms with Gasteiger partial charge in [0.15, 0.2) is 0 Å². The lowest BCUT2D eigenvalue weighted by Gasteiger charge is -2.25. The van der Waals surface area contributed by atoms with Gasteiger partial charge in [0.2, 0.25) is 5.95 Å². The maximum atomic E-state index is 5.56. The van der Waals surface area contributed by atoms with E-state index in [-0.39, 0.29) is 17.6 Å². The Morgan fingerprint density at radius 2 is 2.08 bits per heavy atom. The van der Waals surface area contributed by atoms with Crippen molar-refractivity contribution in [3.05, 3.63) is 36.5 Å². The summed E-state index contributed by atoms with van der Waals surface area (Å²) in [5.74, 6) is 1.58. The maximum absolute atomic E-state index is 5.56. The number of nitrogens with one attached hydrogen (secondary N) is 1. The Morgan fingerprint density at radius 1 is 1.24 bits per heavy atom. The van der Waals surface area contributed by atoms with Crippen LogP contribution in [0.3, 0.4) is 0 Å². The van der Waals surface area contributed by atoms with E-state index in [1.54, 1.807) is 19.6 Å². The third-order valence-corrected chi connectivity index (χ3v) is 4.49. The van der Waals surface area contributed by atoms with Crippen LogP contribution in [-0.4, -0.2) is 52.3 Å². The quantitative estimate of drug-likeness (QED) is 0.893. The molecule has 25 heavy (non-hydrogen) atoms. The fourth-order valence-electron chi connectivity index (χ4n) is 3.04. The molecule has 0 spiro atoms. The van der Waals surface area contributed by atoms with Gasteiger partial charge in [-0.25, -0.2) is 19.9 Å². The van der Waals surface area contributed by atoms with Gasteiger partial charge in [0, 0.05) is 38.0 Å². The van der Waals surface area contributed by atoms with Crippen LogP contribution in [0.5, 0.6) is 0 Å². The lowest BCUT2D eigenvalue weighted by Crippen LogP contribution is -2.36. The van der Waals surface area contributed by atoms with Crippen LogP contribution in [-0.2, 0) is 10.2 Å². The van der Waals surface area contributed by atoms with Crippen LogP contribution in [0.2, 0.25) is 0 Å². The molecule has 1 fully saturated rings. The second kappa shape index (κ2) is 7.31. The van der Waals surface area contributed by atoms with E-state index in [4.69, 9.17) is 4.74 Å². The van der Waals surface area contributed by atoms with E-state index < -0.39 is 0 Å². The summed E-state index contributed by atoms with van der Waals surface area (Å²) in [5.41, 5.74) is 1.03. The summed E-state index contributed by atoms with van der Waals surface area (Å²) < 4.78 is 5.56. The summed E-state index contributed by atoms with van der Waals surface area (Å²) in [6.45, 7) is 8.00. The van der Waals surface area contributed by atoms with E-state index >= 15 is 0 Å². The molecule has 2 aromatic heterocycles. The molecule has 1 aliphatic heterocycles.